The summed E-state index contributed by atoms with van der Waals surface area (Å²) < 4.78 is 0. The summed E-state index contributed by atoms with van der Waals surface area (Å²) in [6, 6.07) is 15.3. The van der Waals surface area contributed by atoms with E-state index < -0.39 is 5.72 Å². The molecule has 4 rings (SSSR count). The van der Waals surface area contributed by atoms with Crippen molar-refractivity contribution in [1.82, 2.24) is 9.97 Å². The molecule has 0 fully saturated rings. The molecule has 1 aliphatic rings. The van der Waals surface area contributed by atoms with Gasteiger partial charge in [-0.2, -0.15) is 0 Å². The largest absolute Gasteiger partial charge is 0.367 e. The van der Waals surface area contributed by atoms with E-state index in [9.17, 15) is 5.11 Å². The highest BCUT2D eigenvalue weighted by Crippen LogP contribution is 2.46. The zero-order valence-electron chi connectivity index (χ0n) is 11.2. The van der Waals surface area contributed by atoms with Gasteiger partial charge in [0.25, 0.3) is 0 Å². The van der Waals surface area contributed by atoms with Crippen LogP contribution in [-0.4, -0.2) is 15.1 Å². The molecule has 1 aliphatic carbocycles. The molecule has 4 heteroatoms. The van der Waals surface area contributed by atoms with Gasteiger partial charge in [0.15, 0.2) is 5.72 Å². The molecule has 0 spiro atoms. The van der Waals surface area contributed by atoms with Crippen molar-refractivity contribution in [2.24, 2.45) is 5.73 Å². The van der Waals surface area contributed by atoms with Crippen LogP contribution in [0, 0.1) is 0 Å². The minimum absolute atomic E-state index is 0.593. The Hall–Kier alpha value is -2.56. The number of benzene rings is 1. The molecule has 21 heavy (non-hydrogen) atoms. The molecule has 1 atom stereocenters. The number of nitrogens with two attached hydrogens (primary N) is 1. The van der Waals surface area contributed by atoms with E-state index >= 15 is 0 Å². The molecule has 3 aromatic rings. The van der Waals surface area contributed by atoms with E-state index in [1.54, 1.807) is 24.5 Å². The van der Waals surface area contributed by atoms with Gasteiger partial charge in [0.2, 0.25) is 0 Å². The SMILES string of the molecule is NC1(O)c2cccnc2-c2nccc(-c3ccccc3)c21. The predicted molar refractivity (Wildman–Crippen MR) is 80.1 cm³/mol. The van der Waals surface area contributed by atoms with Crippen LogP contribution in [0.2, 0.25) is 0 Å². The second-order valence-corrected chi connectivity index (χ2v) is 5.11. The van der Waals surface area contributed by atoms with E-state index in [2.05, 4.69) is 9.97 Å². The molecular weight excluding hydrogens is 262 g/mol. The number of aromatic nitrogens is 2. The quantitative estimate of drug-likeness (QED) is 0.668. The summed E-state index contributed by atoms with van der Waals surface area (Å²) in [7, 11) is 0. The summed E-state index contributed by atoms with van der Waals surface area (Å²) in [6.45, 7) is 0. The van der Waals surface area contributed by atoms with Crippen LogP contribution in [0.3, 0.4) is 0 Å². The van der Waals surface area contributed by atoms with Gasteiger partial charge in [-0.1, -0.05) is 36.4 Å². The van der Waals surface area contributed by atoms with Crippen molar-refractivity contribution in [3.05, 3.63) is 72.1 Å². The monoisotopic (exact) mass is 275 g/mol. The fourth-order valence-corrected chi connectivity index (χ4v) is 2.92. The average Bonchev–Trinajstić information content (AvgIpc) is 2.77. The lowest BCUT2D eigenvalue weighted by Gasteiger charge is -2.21. The molecule has 0 saturated carbocycles. The highest BCUT2D eigenvalue weighted by molar-refractivity contribution is 5.83. The Labute approximate surface area is 121 Å². The number of hydrogen-bond acceptors (Lipinski definition) is 4. The molecule has 1 unspecified atom stereocenters. The van der Waals surface area contributed by atoms with Crippen molar-refractivity contribution in [2.75, 3.05) is 0 Å². The molecule has 0 bridgehead atoms. The van der Waals surface area contributed by atoms with Gasteiger partial charge >= 0.3 is 0 Å². The third kappa shape index (κ3) is 1.63. The molecule has 0 radical (unpaired) electrons. The first kappa shape index (κ1) is 12.2. The lowest BCUT2D eigenvalue weighted by atomic mass is 9.94. The number of aliphatic hydroxyl groups is 1. The van der Waals surface area contributed by atoms with Gasteiger partial charge in [0.05, 0.1) is 11.4 Å². The molecule has 102 valence electrons. The first-order chi connectivity index (χ1) is 10.2. The van der Waals surface area contributed by atoms with Gasteiger partial charge in [0, 0.05) is 23.5 Å². The fraction of sp³-hybridized carbons (Fsp3) is 0.0588. The van der Waals surface area contributed by atoms with Gasteiger partial charge in [0.1, 0.15) is 0 Å². The van der Waals surface area contributed by atoms with Crippen LogP contribution in [0.15, 0.2) is 60.9 Å². The maximum atomic E-state index is 10.8. The van der Waals surface area contributed by atoms with Crippen molar-refractivity contribution in [2.45, 2.75) is 5.72 Å². The summed E-state index contributed by atoms with van der Waals surface area (Å²) >= 11 is 0. The van der Waals surface area contributed by atoms with Crippen LogP contribution in [0.25, 0.3) is 22.5 Å². The van der Waals surface area contributed by atoms with Crippen LogP contribution in [-0.2, 0) is 5.72 Å². The lowest BCUT2D eigenvalue weighted by Crippen LogP contribution is -2.36. The van der Waals surface area contributed by atoms with E-state index in [0.717, 1.165) is 11.1 Å². The zero-order chi connectivity index (χ0) is 14.4. The molecule has 2 heterocycles. The Kier molecular flexibility index (Phi) is 2.45. The Bertz CT molecular complexity index is 828. The molecule has 1 aromatic carbocycles. The summed E-state index contributed by atoms with van der Waals surface area (Å²) in [5.74, 6) is 0. The molecular formula is C17H13N3O. The van der Waals surface area contributed by atoms with Crippen molar-refractivity contribution in [3.8, 4) is 22.5 Å². The van der Waals surface area contributed by atoms with Crippen LogP contribution in [0.4, 0.5) is 0 Å². The molecule has 2 aromatic heterocycles. The predicted octanol–water partition coefficient (Wildman–Crippen LogP) is 2.28. The Balaban J connectivity index is 2.06. The topological polar surface area (TPSA) is 72.0 Å². The minimum atomic E-state index is -1.57. The van der Waals surface area contributed by atoms with Gasteiger partial charge in [-0.3, -0.25) is 15.7 Å². The smallest absolute Gasteiger partial charge is 0.171 e. The van der Waals surface area contributed by atoms with Crippen molar-refractivity contribution in [3.63, 3.8) is 0 Å². The Morgan fingerprint density at radius 3 is 2.43 bits per heavy atom. The second kappa shape index (κ2) is 4.22. The number of hydrogen-bond donors (Lipinski definition) is 2. The average molecular weight is 275 g/mol. The van der Waals surface area contributed by atoms with Crippen molar-refractivity contribution >= 4 is 0 Å². The molecule has 0 aliphatic heterocycles. The normalized spacial score (nSPS) is 19.1. The van der Waals surface area contributed by atoms with E-state index in [4.69, 9.17) is 5.73 Å². The third-order valence-corrected chi connectivity index (χ3v) is 3.86. The first-order valence-corrected chi connectivity index (χ1v) is 6.71. The number of fused-ring (bicyclic) bond motifs is 3. The van der Waals surface area contributed by atoms with E-state index in [1.807, 2.05) is 36.4 Å². The number of rotatable bonds is 1. The second-order valence-electron chi connectivity index (χ2n) is 5.11. The number of pyridine rings is 2. The summed E-state index contributed by atoms with van der Waals surface area (Å²) in [5.41, 5.74) is 9.02. The standard InChI is InChI=1S/C17H13N3O/c18-17(21)13-7-4-9-19-15(13)16-14(17)12(8-10-20-16)11-5-2-1-3-6-11/h1-10,21H,18H2. The van der Waals surface area contributed by atoms with E-state index in [0.29, 0.717) is 22.5 Å². The third-order valence-electron chi connectivity index (χ3n) is 3.86. The van der Waals surface area contributed by atoms with Gasteiger partial charge < -0.3 is 5.11 Å². The maximum Gasteiger partial charge on any atom is 0.171 e. The van der Waals surface area contributed by atoms with Crippen molar-refractivity contribution < 1.29 is 5.11 Å². The fourth-order valence-electron chi connectivity index (χ4n) is 2.92. The van der Waals surface area contributed by atoms with Gasteiger partial charge in [-0.15, -0.1) is 0 Å². The molecule has 0 saturated heterocycles. The van der Waals surface area contributed by atoms with Gasteiger partial charge in [-0.05, 0) is 23.3 Å². The van der Waals surface area contributed by atoms with Crippen LogP contribution in [0.1, 0.15) is 11.1 Å². The highest BCUT2D eigenvalue weighted by Gasteiger charge is 2.42. The lowest BCUT2D eigenvalue weighted by molar-refractivity contribution is 0.0936. The van der Waals surface area contributed by atoms with E-state index in [1.165, 1.54) is 0 Å². The zero-order valence-corrected chi connectivity index (χ0v) is 11.2. The van der Waals surface area contributed by atoms with Crippen molar-refractivity contribution in [1.29, 1.82) is 0 Å². The van der Waals surface area contributed by atoms with Gasteiger partial charge in [-0.25, -0.2) is 0 Å². The Morgan fingerprint density at radius 1 is 0.857 bits per heavy atom. The Morgan fingerprint density at radius 2 is 1.62 bits per heavy atom. The number of nitrogens with zero attached hydrogens (tertiary/aromatic N) is 2. The molecule has 4 nitrogen and oxygen atoms in total. The molecule has 0 amide bonds. The van der Waals surface area contributed by atoms with Crippen LogP contribution < -0.4 is 5.73 Å². The van der Waals surface area contributed by atoms with Crippen LogP contribution in [0.5, 0.6) is 0 Å². The maximum absolute atomic E-state index is 10.8. The molecule has 3 N–H and O–H groups in total. The minimum Gasteiger partial charge on any atom is -0.367 e. The highest BCUT2D eigenvalue weighted by atomic mass is 16.3. The summed E-state index contributed by atoms with van der Waals surface area (Å²) in [4.78, 5) is 8.71. The summed E-state index contributed by atoms with van der Waals surface area (Å²) in [5, 5.41) is 10.8. The van der Waals surface area contributed by atoms with E-state index in [-0.39, 0.29) is 0 Å². The van der Waals surface area contributed by atoms with Crippen LogP contribution >= 0.6 is 0 Å². The first-order valence-electron chi connectivity index (χ1n) is 6.71. The summed E-state index contributed by atoms with van der Waals surface area (Å²) in [6.07, 6.45) is 3.40.